The van der Waals surface area contributed by atoms with Crippen molar-refractivity contribution < 1.29 is 0 Å². The quantitative estimate of drug-likeness (QED) is 0.337. The Kier molecular flexibility index (Phi) is 7.57. The molecule has 2 aromatic heterocycles. The van der Waals surface area contributed by atoms with Gasteiger partial charge < -0.3 is 5.32 Å². The number of hydrogen-bond donors (Lipinski definition) is 1. The molecule has 3 aromatic rings. The van der Waals surface area contributed by atoms with Crippen LogP contribution in [-0.4, -0.2) is 40.0 Å². The lowest BCUT2D eigenvalue weighted by Crippen LogP contribution is -2.34. The number of pyridine rings is 2. The van der Waals surface area contributed by atoms with Crippen molar-refractivity contribution in [1.29, 1.82) is 0 Å². The molecule has 1 fully saturated rings. The first-order valence-corrected chi connectivity index (χ1v) is 12.1. The molecule has 33 heavy (non-hydrogen) atoms. The molecule has 0 spiro atoms. The van der Waals surface area contributed by atoms with Crippen LogP contribution in [0.5, 0.6) is 0 Å². The molecule has 0 atom stereocenters. The minimum Gasteiger partial charge on any atom is -0.344 e. The third-order valence-corrected chi connectivity index (χ3v) is 7.07. The lowest BCUT2D eigenvalue weighted by atomic mass is 9.94. The molecule has 1 saturated heterocycles. The van der Waals surface area contributed by atoms with Crippen LogP contribution < -0.4 is 5.32 Å². The van der Waals surface area contributed by atoms with Crippen LogP contribution in [0.3, 0.4) is 0 Å². The summed E-state index contributed by atoms with van der Waals surface area (Å²) in [7, 11) is 1.80. The van der Waals surface area contributed by atoms with Crippen molar-refractivity contribution in [1.82, 2.24) is 14.9 Å². The van der Waals surface area contributed by atoms with Crippen molar-refractivity contribution in [2.75, 3.05) is 25.5 Å². The summed E-state index contributed by atoms with van der Waals surface area (Å²) >= 11 is 1.60. The summed E-state index contributed by atoms with van der Waals surface area (Å²) in [6.45, 7) is 13.6. The van der Waals surface area contributed by atoms with Gasteiger partial charge in [0, 0.05) is 47.9 Å². The number of nitrogens with zero attached hydrogens (tertiary/aromatic N) is 4. The number of benzene rings is 1. The Morgan fingerprint density at radius 1 is 1.12 bits per heavy atom. The monoisotopic (exact) mass is 457 g/mol. The number of thioether (sulfide) groups is 1. The van der Waals surface area contributed by atoms with Gasteiger partial charge in [-0.05, 0) is 68.1 Å². The molecule has 0 radical (unpaired) electrons. The van der Waals surface area contributed by atoms with Crippen LogP contribution in [0.2, 0.25) is 0 Å². The number of aromatic nitrogens is 2. The number of likely N-dealkylation sites (tertiary alicyclic amines) is 1. The second kappa shape index (κ2) is 10.8. The molecule has 4 rings (SSSR count). The standard InChI is InChI=1S/C27H31N5S/c1-19(22-10-13-32(14-11-22)18-26-7-5-6-12-29-26)31-27-16-25-15-23(8-9-24(25)17-30-27)20(2)33-21(3)28-4/h5-9,12,15-17,22H,1-2,10-11,13-14,18H2,3-4H3,(H,30,31). The zero-order valence-electron chi connectivity index (χ0n) is 19.4. The predicted molar refractivity (Wildman–Crippen MR) is 142 cm³/mol. The molecule has 0 amide bonds. The highest BCUT2D eigenvalue weighted by Gasteiger charge is 2.22. The molecule has 1 aliphatic rings. The maximum absolute atomic E-state index is 4.61. The fourth-order valence-electron chi connectivity index (χ4n) is 4.09. The Balaban J connectivity index is 1.37. The van der Waals surface area contributed by atoms with Crippen LogP contribution in [0, 0.1) is 5.92 Å². The third kappa shape index (κ3) is 6.09. The molecule has 1 N–H and O–H groups in total. The van der Waals surface area contributed by atoms with Gasteiger partial charge >= 0.3 is 0 Å². The lowest BCUT2D eigenvalue weighted by Gasteiger charge is -2.32. The Morgan fingerprint density at radius 2 is 1.94 bits per heavy atom. The summed E-state index contributed by atoms with van der Waals surface area (Å²) in [5.74, 6) is 1.28. The Bertz CT molecular complexity index is 1160. The van der Waals surface area contributed by atoms with E-state index in [1.165, 1.54) is 0 Å². The maximum atomic E-state index is 4.61. The first-order valence-electron chi connectivity index (χ1n) is 11.3. The topological polar surface area (TPSA) is 53.4 Å². The summed E-state index contributed by atoms with van der Waals surface area (Å²) in [6.07, 6.45) is 5.96. The number of rotatable bonds is 7. The van der Waals surface area contributed by atoms with Gasteiger partial charge in [-0.15, -0.1) is 0 Å². The van der Waals surface area contributed by atoms with E-state index in [1.54, 1.807) is 18.8 Å². The van der Waals surface area contributed by atoms with Gasteiger partial charge in [-0.2, -0.15) is 0 Å². The van der Waals surface area contributed by atoms with E-state index in [9.17, 15) is 0 Å². The molecule has 1 aliphatic heterocycles. The van der Waals surface area contributed by atoms with Crippen molar-refractivity contribution in [3.8, 4) is 0 Å². The average Bonchev–Trinajstić information content (AvgIpc) is 2.84. The smallest absolute Gasteiger partial charge is 0.130 e. The van der Waals surface area contributed by atoms with Gasteiger partial charge in [-0.1, -0.05) is 43.1 Å². The molecular formula is C27H31N5S. The van der Waals surface area contributed by atoms with E-state index < -0.39 is 0 Å². The normalized spacial score (nSPS) is 15.5. The van der Waals surface area contributed by atoms with E-state index in [0.29, 0.717) is 5.92 Å². The molecular weight excluding hydrogens is 426 g/mol. The number of anilines is 1. The Morgan fingerprint density at radius 3 is 2.67 bits per heavy atom. The maximum Gasteiger partial charge on any atom is 0.130 e. The van der Waals surface area contributed by atoms with Crippen LogP contribution in [0.15, 0.2) is 78.7 Å². The van der Waals surface area contributed by atoms with Crippen LogP contribution in [0.4, 0.5) is 5.82 Å². The zero-order chi connectivity index (χ0) is 23.2. The Labute approximate surface area is 200 Å². The largest absolute Gasteiger partial charge is 0.344 e. The summed E-state index contributed by atoms with van der Waals surface area (Å²) in [5.41, 5.74) is 3.28. The van der Waals surface area contributed by atoms with Crippen molar-refractivity contribution >= 4 is 38.3 Å². The zero-order valence-corrected chi connectivity index (χ0v) is 20.2. The van der Waals surface area contributed by atoms with E-state index in [-0.39, 0.29) is 0 Å². The van der Waals surface area contributed by atoms with Gasteiger partial charge in [0.1, 0.15) is 5.82 Å². The predicted octanol–water partition coefficient (Wildman–Crippen LogP) is 6.22. The van der Waals surface area contributed by atoms with Crippen LogP contribution in [0.1, 0.15) is 31.0 Å². The van der Waals surface area contributed by atoms with Gasteiger partial charge in [-0.25, -0.2) is 4.98 Å². The number of hydrogen-bond acceptors (Lipinski definition) is 6. The Hall–Kier alpha value is -2.96. The van der Waals surface area contributed by atoms with Crippen molar-refractivity contribution in [3.05, 3.63) is 85.0 Å². The first-order chi connectivity index (χ1) is 16.0. The van der Waals surface area contributed by atoms with Gasteiger partial charge in [-0.3, -0.25) is 14.9 Å². The highest BCUT2D eigenvalue weighted by molar-refractivity contribution is 8.21. The lowest BCUT2D eigenvalue weighted by molar-refractivity contribution is 0.190. The fourth-order valence-corrected chi connectivity index (χ4v) is 4.79. The molecule has 0 bridgehead atoms. The molecule has 0 aliphatic carbocycles. The van der Waals surface area contributed by atoms with Gasteiger partial charge in [0.25, 0.3) is 0 Å². The van der Waals surface area contributed by atoms with Gasteiger partial charge in [0.15, 0.2) is 0 Å². The summed E-state index contributed by atoms with van der Waals surface area (Å²) < 4.78 is 0. The minimum atomic E-state index is 0.446. The second-order valence-electron chi connectivity index (χ2n) is 8.42. The number of piperidine rings is 1. The van der Waals surface area contributed by atoms with Gasteiger partial charge in [0.2, 0.25) is 0 Å². The molecule has 5 nitrogen and oxygen atoms in total. The molecule has 1 aromatic carbocycles. The number of fused-ring (bicyclic) bond motifs is 1. The average molecular weight is 458 g/mol. The number of nitrogens with one attached hydrogen (secondary N) is 1. The van der Waals surface area contributed by atoms with Crippen LogP contribution in [0.25, 0.3) is 15.7 Å². The molecule has 0 saturated carbocycles. The summed E-state index contributed by atoms with van der Waals surface area (Å²) in [5, 5.41) is 6.72. The second-order valence-corrected chi connectivity index (χ2v) is 9.71. The highest BCUT2D eigenvalue weighted by atomic mass is 32.2. The van der Waals surface area contributed by atoms with E-state index in [0.717, 1.165) is 76.0 Å². The van der Waals surface area contributed by atoms with E-state index in [1.807, 2.05) is 25.4 Å². The van der Waals surface area contributed by atoms with E-state index >= 15 is 0 Å². The highest BCUT2D eigenvalue weighted by Crippen LogP contribution is 2.30. The van der Waals surface area contributed by atoms with Crippen molar-refractivity contribution in [2.45, 2.75) is 26.3 Å². The van der Waals surface area contributed by atoms with Crippen LogP contribution in [-0.2, 0) is 6.54 Å². The minimum absolute atomic E-state index is 0.446. The number of allylic oxidation sites excluding steroid dienone is 1. The third-order valence-electron chi connectivity index (χ3n) is 6.11. The summed E-state index contributed by atoms with van der Waals surface area (Å²) in [6, 6.07) is 14.6. The molecule has 0 unspecified atom stereocenters. The fraction of sp³-hybridized carbons (Fsp3) is 0.296. The summed E-state index contributed by atoms with van der Waals surface area (Å²) in [4.78, 5) is 16.7. The molecule has 6 heteroatoms. The molecule has 3 heterocycles. The number of aliphatic imine (C=N–C) groups is 1. The van der Waals surface area contributed by atoms with E-state index in [2.05, 4.69) is 74.7 Å². The van der Waals surface area contributed by atoms with Crippen molar-refractivity contribution in [3.63, 3.8) is 0 Å². The van der Waals surface area contributed by atoms with Crippen molar-refractivity contribution in [2.24, 2.45) is 10.9 Å². The van der Waals surface area contributed by atoms with Gasteiger partial charge in [0.05, 0.1) is 10.7 Å². The van der Waals surface area contributed by atoms with Crippen LogP contribution >= 0.6 is 11.8 Å². The first kappa shape index (κ1) is 23.2. The molecule has 170 valence electrons. The SMILES string of the molecule is C=C(SC(C)=NC)c1ccc2cnc(NC(=C)C3CCN(Cc4ccccn4)CC3)cc2c1. The van der Waals surface area contributed by atoms with E-state index in [4.69, 9.17) is 0 Å².